The van der Waals surface area contributed by atoms with Crippen molar-refractivity contribution >= 4 is 68.6 Å². The van der Waals surface area contributed by atoms with E-state index >= 15 is 0 Å². The van der Waals surface area contributed by atoms with E-state index < -0.39 is 21.3 Å². The number of carbonyl (C=O) groups excluding carboxylic acids is 1. The van der Waals surface area contributed by atoms with Crippen LogP contribution in [-0.2, 0) is 28.3 Å². The van der Waals surface area contributed by atoms with Crippen molar-refractivity contribution in [2.24, 2.45) is 10.2 Å². The van der Waals surface area contributed by atoms with Gasteiger partial charge in [0.1, 0.15) is 6.34 Å². The van der Waals surface area contributed by atoms with Crippen molar-refractivity contribution in [1.29, 1.82) is 0 Å². The largest absolute Gasteiger partial charge is 0.341 e. The summed E-state index contributed by atoms with van der Waals surface area (Å²) in [5.41, 5.74) is 3.32. The van der Waals surface area contributed by atoms with Crippen LogP contribution in [0.2, 0.25) is 10.0 Å². The summed E-state index contributed by atoms with van der Waals surface area (Å²) in [6, 6.07) is 18.8. The van der Waals surface area contributed by atoms with E-state index in [1.807, 2.05) is 60.0 Å². The Bertz CT molecular complexity index is 1800. The molecule has 0 aliphatic carbocycles. The number of nitrogens with one attached hydrogen (secondary N) is 1. The average Bonchev–Trinajstić information content (AvgIpc) is 3.24. The van der Waals surface area contributed by atoms with E-state index in [1.54, 1.807) is 24.1 Å². The van der Waals surface area contributed by atoms with Gasteiger partial charge in [-0.05, 0) is 49.6 Å². The van der Waals surface area contributed by atoms with Gasteiger partial charge >= 0.3 is 0 Å². The maximum Gasteiger partial charge on any atom is 0.255 e. The van der Waals surface area contributed by atoms with Gasteiger partial charge in [-0.15, -0.1) is 5.10 Å². The minimum Gasteiger partial charge on any atom is -0.341 e. The molecule has 1 N–H and O–H groups in total. The summed E-state index contributed by atoms with van der Waals surface area (Å²) in [4.78, 5) is 15.9. The zero-order valence-electron chi connectivity index (χ0n) is 22.9. The molecule has 8 nitrogen and oxygen atoms in total. The van der Waals surface area contributed by atoms with Gasteiger partial charge in [-0.2, -0.15) is 5.10 Å². The summed E-state index contributed by atoms with van der Waals surface area (Å²) in [7, 11) is -1.76. The monoisotopic (exact) mass is 609 g/mol. The minimum atomic E-state index is -3.51. The van der Waals surface area contributed by atoms with Gasteiger partial charge in [-0.25, -0.2) is 8.42 Å². The molecule has 0 saturated carbocycles. The van der Waals surface area contributed by atoms with E-state index in [0.29, 0.717) is 35.4 Å². The molecule has 0 radical (unpaired) electrons. The molecule has 0 unspecified atom stereocenters. The number of benzene rings is 3. The third-order valence-corrected chi connectivity index (χ3v) is 9.30. The zero-order chi connectivity index (χ0) is 29.5. The third-order valence-electron chi connectivity index (χ3n) is 7.51. The molecule has 1 aromatic heterocycles. The van der Waals surface area contributed by atoms with Crippen LogP contribution in [0.15, 0.2) is 75.8 Å². The molecule has 1 amide bonds. The summed E-state index contributed by atoms with van der Waals surface area (Å²) < 4.78 is 27.9. The van der Waals surface area contributed by atoms with Crippen molar-refractivity contribution in [3.8, 4) is 0 Å². The third kappa shape index (κ3) is 5.37. The Morgan fingerprint density at radius 2 is 1.80 bits per heavy atom. The Labute approximate surface area is 249 Å². The number of fused-ring (bicyclic) bond motifs is 3. The summed E-state index contributed by atoms with van der Waals surface area (Å²) in [6.45, 7) is 5.59. The first-order valence-corrected chi connectivity index (χ1v) is 15.5. The minimum absolute atomic E-state index is 0.148. The van der Waals surface area contributed by atoms with Gasteiger partial charge in [-0.3, -0.25) is 4.79 Å². The fourth-order valence-corrected chi connectivity index (χ4v) is 7.47. The van der Waals surface area contributed by atoms with Crippen LogP contribution in [0.5, 0.6) is 0 Å². The predicted molar refractivity (Wildman–Crippen MR) is 167 cm³/mol. The van der Waals surface area contributed by atoms with Crippen molar-refractivity contribution in [2.75, 3.05) is 18.2 Å². The highest BCUT2D eigenvalue weighted by Crippen LogP contribution is 2.41. The number of halogens is 2. The Morgan fingerprint density at radius 3 is 2.44 bits per heavy atom. The van der Waals surface area contributed by atoms with Crippen molar-refractivity contribution in [3.63, 3.8) is 0 Å². The molecule has 0 spiro atoms. The zero-order valence-corrected chi connectivity index (χ0v) is 25.2. The summed E-state index contributed by atoms with van der Waals surface area (Å²) in [5.74, 6) is -0.432. The highest BCUT2D eigenvalue weighted by molar-refractivity contribution is 7.91. The van der Waals surface area contributed by atoms with Gasteiger partial charge in [0.25, 0.3) is 5.91 Å². The topological polar surface area (TPSA) is 96.1 Å². The van der Waals surface area contributed by atoms with E-state index in [-0.39, 0.29) is 15.6 Å². The van der Waals surface area contributed by atoms with Crippen molar-refractivity contribution in [2.45, 2.75) is 36.7 Å². The van der Waals surface area contributed by atoms with Gasteiger partial charge in [-0.1, -0.05) is 65.2 Å². The second kappa shape index (κ2) is 11.0. The first kappa shape index (κ1) is 28.9. The highest BCUT2D eigenvalue weighted by Gasteiger charge is 2.41. The summed E-state index contributed by atoms with van der Waals surface area (Å²) >= 11 is 13.2. The molecule has 212 valence electrons. The molecule has 0 fully saturated rings. The molecule has 3 aromatic carbocycles. The van der Waals surface area contributed by atoms with Crippen LogP contribution >= 0.6 is 23.2 Å². The highest BCUT2D eigenvalue weighted by atomic mass is 35.5. The molecule has 2 heterocycles. The van der Waals surface area contributed by atoms with Crippen LogP contribution in [-0.4, -0.2) is 45.3 Å². The number of nitrogens with zero attached hydrogens (tertiary/aromatic N) is 4. The molecule has 41 heavy (non-hydrogen) atoms. The lowest BCUT2D eigenvalue weighted by molar-refractivity contribution is 0.0867. The normalized spacial score (nSPS) is 17.0. The SMILES string of the molecule is C=N/N=C\N(C)c1cc(Cl)c(C(=O)N[C@]2(c3ccccc3)CCc3c(S(C)(=O)=O)c4cc(C)ccc4n3C2)c(Cl)c1. The molecule has 1 aliphatic heterocycles. The molecule has 1 aliphatic rings. The Hall–Kier alpha value is -3.66. The first-order chi connectivity index (χ1) is 19.4. The summed E-state index contributed by atoms with van der Waals surface area (Å²) in [6.07, 6.45) is 3.61. The Balaban J connectivity index is 1.61. The molecule has 4 aromatic rings. The van der Waals surface area contributed by atoms with Crippen LogP contribution < -0.4 is 10.2 Å². The van der Waals surface area contributed by atoms with E-state index in [9.17, 15) is 13.2 Å². The van der Waals surface area contributed by atoms with E-state index in [2.05, 4.69) is 22.2 Å². The van der Waals surface area contributed by atoms with Crippen LogP contribution in [0, 0.1) is 6.92 Å². The lowest BCUT2D eigenvalue weighted by Crippen LogP contribution is -2.51. The number of hydrogen-bond acceptors (Lipinski definition) is 5. The second-order valence-electron chi connectivity index (χ2n) is 10.3. The van der Waals surface area contributed by atoms with Gasteiger partial charge in [0.15, 0.2) is 9.84 Å². The van der Waals surface area contributed by atoms with E-state index in [4.69, 9.17) is 23.2 Å². The maximum atomic E-state index is 13.9. The van der Waals surface area contributed by atoms with Crippen molar-refractivity contribution in [1.82, 2.24) is 9.88 Å². The van der Waals surface area contributed by atoms with Gasteiger partial charge in [0, 0.05) is 42.3 Å². The smallest absolute Gasteiger partial charge is 0.255 e. The van der Waals surface area contributed by atoms with Gasteiger partial charge < -0.3 is 14.8 Å². The molecular formula is C30H29Cl2N5O3S. The molecule has 5 rings (SSSR count). The van der Waals surface area contributed by atoms with Crippen LogP contribution in [0.3, 0.4) is 0 Å². The first-order valence-electron chi connectivity index (χ1n) is 12.9. The average molecular weight is 611 g/mol. The van der Waals surface area contributed by atoms with Crippen molar-refractivity contribution in [3.05, 3.63) is 93.1 Å². The van der Waals surface area contributed by atoms with Crippen LogP contribution in [0.4, 0.5) is 5.69 Å². The van der Waals surface area contributed by atoms with Crippen molar-refractivity contribution < 1.29 is 13.2 Å². The van der Waals surface area contributed by atoms with Gasteiger partial charge in [0.05, 0.1) is 32.6 Å². The van der Waals surface area contributed by atoms with Crippen LogP contribution in [0.25, 0.3) is 10.9 Å². The number of hydrogen-bond donors (Lipinski definition) is 1. The lowest BCUT2D eigenvalue weighted by Gasteiger charge is -2.40. The molecular weight excluding hydrogens is 581 g/mol. The molecule has 11 heteroatoms. The number of aromatic nitrogens is 1. The van der Waals surface area contributed by atoms with Crippen LogP contribution in [0.1, 0.15) is 33.6 Å². The number of carbonyl (C=O) groups is 1. The fraction of sp³-hybridized carbons (Fsp3) is 0.233. The van der Waals surface area contributed by atoms with E-state index in [1.165, 1.54) is 12.6 Å². The second-order valence-corrected chi connectivity index (χ2v) is 13.1. The number of amides is 1. The lowest BCUT2D eigenvalue weighted by atomic mass is 9.82. The Kier molecular flexibility index (Phi) is 7.72. The maximum absolute atomic E-state index is 13.9. The number of anilines is 1. The molecule has 0 saturated heterocycles. The number of aryl methyl sites for hydroxylation is 1. The standard InChI is InChI=1S/C30H29Cl2N5O3S/c1-19-10-11-25-22(14-19)28(41(4,39)40)26-12-13-30(17-37(25)26,20-8-6-5-7-9-20)35-29(38)27-23(31)15-21(16-24(27)32)36(3)18-34-33-2/h5-11,14-16,18H,2,12-13,17H2,1,3-4H3,(H,35,38)/b34-18-/t30-/m1/s1. The predicted octanol–water partition coefficient (Wildman–Crippen LogP) is 6.01. The fourth-order valence-electron chi connectivity index (χ4n) is 5.62. The quantitative estimate of drug-likeness (QED) is 0.158. The Morgan fingerprint density at radius 1 is 1.12 bits per heavy atom. The molecule has 0 bridgehead atoms. The number of sulfone groups is 1. The van der Waals surface area contributed by atoms with Gasteiger partial charge in [0.2, 0.25) is 0 Å². The molecule has 1 atom stereocenters. The number of rotatable bonds is 7. The summed E-state index contributed by atoms with van der Waals surface area (Å²) in [5, 5.41) is 11.5. The van der Waals surface area contributed by atoms with E-state index in [0.717, 1.165) is 22.3 Å².